The highest BCUT2D eigenvalue weighted by Gasteiger charge is 2.18. The van der Waals surface area contributed by atoms with Crippen LogP contribution in [-0.2, 0) is 6.54 Å². The quantitative estimate of drug-likeness (QED) is 0.342. The number of fused-ring (bicyclic) bond motifs is 1. The number of anilines is 1. The van der Waals surface area contributed by atoms with Crippen molar-refractivity contribution in [2.45, 2.75) is 6.54 Å². The Morgan fingerprint density at radius 2 is 1.78 bits per heavy atom. The van der Waals surface area contributed by atoms with Gasteiger partial charge in [-0.15, -0.1) is 34.2 Å². The van der Waals surface area contributed by atoms with Crippen molar-refractivity contribution in [1.29, 1.82) is 0 Å². The Kier molecular flexibility index (Phi) is 6.38. The zero-order valence-corrected chi connectivity index (χ0v) is 17.8. The Balaban J connectivity index is 0.00000210. The van der Waals surface area contributed by atoms with Crippen LogP contribution in [0.1, 0.15) is 5.82 Å². The molecule has 0 radical (unpaired) electrons. The molecule has 0 aliphatic carbocycles. The molecule has 2 N–H and O–H groups in total. The first-order valence-corrected chi connectivity index (χ1v) is 8.92. The molecular weight excluding hydrogens is 477 g/mol. The van der Waals surface area contributed by atoms with Crippen molar-refractivity contribution >= 4 is 52.9 Å². The number of guanidine groups is 1. The molecule has 0 bridgehead atoms. The maximum Gasteiger partial charge on any atom is 0.191 e. The van der Waals surface area contributed by atoms with Crippen LogP contribution in [0.4, 0.5) is 5.69 Å². The first kappa shape index (κ1) is 19.7. The van der Waals surface area contributed by atoms with Crippen LogP contribution in [0.5, 0.6) is 0 Å². The summed E-state index contributed by atoms with van der Waals surface area (Å²) >= 11 is 5.96. The summed E-state index contributed by atoms with van der Waals surface area (Å²) in [5.74, 6) is 1.33. The molecule has 27 heavy (non-hydrogen) atoms. The van der Waals surface area contributed by atoms with E-state index in [4.69, 9.17) is 17.3 Å². The summed E-state index contributed by atoms with van der Waals surface area (Å²) in [7, 11) is 0. The summed E-state index contributed by atoms with van der Waals surface area (Å²) in [6, 6.07) is 13.7. The number of pyridine rings is 1. The molecule has 3 heterocycles. The van der Waals surface area contributed by atoms with Gasteiger partial charge in [0.15, 0.2) is 17.4 Å². The van der Waals surface area contributed by atoms with Gasteiger partial charge in [-0.25, -0.2) is 4.99 Å². The third kappa shape index (κ3) is 4.44. The highest BCUT2D eigenvalue weighted by atomic mass is 127. The minimum Gasteiger partial charge on any atom is -0.370 e. The number of rotatable bonds is 3. The van der Waals surface area contributed by atoms with Crippen molar-refractivity contribution in [3.05, 3.63) is 59.5 Å². The zero-order chi connectivity index (χ0) is 17.9. The third-order valence-corrected chi connectivity index (χ3v) is 4.81. The summed E-state index contributed by atoms with van der Waals surface area (Å²) in [4.78, 5) is 8.94. The van der Waals surface area contributed by atoms with Crippen LogP contribution in [0.15, 0.2) is 53.7 Å². The molecule has 4 rings (SSSR count). The van der Waals surface area contributed by atoms with E-state index in [2.05, 4.69) is 25.0 Å². The number of benzene rings is 1. The first-order valence-electron chi connectivity index (χ1n) is 8.55. The molecule has 0 atom stereocenters. The van der Waals surface area contributed by atoms with Gasteiger partial charge in [0, 0.05) is 43.1 Å². The molecule has 0 unspecified atom stereocenters. The normalized spacial score (nSPS) is 15.1. The third-order valence-electron chi connectivity index (χ3n) is 4.56. The number of hydrogen-bond donors (Lipinski definition) is 1. The van der Waals surface area contributed by atoms with Gasteiger partial charge in [0.2, 0.25) is 0 Å². The molecule has 1 aromatic carbocycles. The molecule has 1 fully saturated rings. The van der Waals surface area contributed by atoms with Gasteiger partial charge in [-0.1, -0.05) is 17.7 Å². The van der Waals surface area contributed by atoms with Crippen molar-refractivity contribution in [2.24, 2.45) is 10.7 Å². The summed E-state index contributed by atoms with van der Waals surface area (Å²) in [6.07, 6.45) is 1.93. The molecule has 1 aliphatic rings. The Hall–Kier alpha value is -2.07. The van der Waals surface area contributed by atoms with Crippen LogP contribution >= 0.6 is 35.6 Å². The summed E-state index contributed by atoms with van der Waals surface area (Å²) in [5, 5.41) is 9.07. The van der Waals surface area contributed by atoms with Gasteiger partial charge in [0.1, 0.15) is 6.54 Å². The maximum atomic E-state index is 6.20. The SMILES string of the molecule is I.NC(=NCc1nnc2ccccn12)N1CCN(c2ccc(Cl)cc2)CC1. The van der Waals surface area contributed by atoms with Crippen molar-refractivity contribution in [2.75, 3.05) is 31.1 Å². The topological polar surface area (TPSA) is 75.0 Å². The molecule has 2 aromatic heterocycles. The number of nitrogens with two attached hydrogens (primary N) is 1. The van der Waals surface area contributed by atoms with Crippen molar-refractivity contribution < 1.29 is 0 Å². The number of piperazine rings is 1. The number of nitrogens with zero attached hydrogens (tertiary/aromatic N) is 6. The number of hydrogen-bond acceptors (Lipinski definition) is 4. The average molecular weight is 498 g/mol. The first-order chi connectivity index (χ1) is 12.7. The lowest BCUT2D eigenvalue weighted by Gasteiger charge is -2.36. The second kappa shape index (κ2) is 8.75. The highest BCUT2D eigenvalue weighted by molar-refractivity contribution is 14.0. The van der Waals surface area contributed by atoms with E-state index in [9.17, 15) is 0 Å². The molecule has 3 aromatic rings. The van der Waals surface area contributed by atoms with E-state index in [0.29, 0.717) is 12.5 Å². The van der Waals surface area contributed by atoms with Gasteiger partial charge < -0.3 is 15.5 Å². The molecule has 0 saturated carbocycles. The van der Waals surface area contributed by atoms with Crippen LogP contribution < -0.4 is 10.6 Å². The van der Waals surface area contributed by atoms with Crippen molar-refractivity contribution in [3.8, 4) is 0 Å². The van der Waals surface area contributed by atoms with Gasteiger partial charge in [0.05, 0.1) is 0 Å². The van der Waals surface area contributed by atoms with Gasteiger partial charge in [-0.3, -0.25) is 4.40 Å². The highest BCUT2D eigenvalue weighted by Crippen LogP contribution is 2.19. The molecular formula is C18H21ClIN7. The molecule has 1 saturated heterocycles. The van der Waals surface area contributed by atoms with Gasteiger partial charge >= 0.3 is 0 Å². The fourth-order valence-electron chi connectivity index (χ4n) is 3.10. The number of halogens is 2. The molecule has 142 valence electrons. The number of aromatic nitrogens is 3. The van der Waals surface area contributed by atoms with Crippen LogP contribution in [0.25, 0.3) is 5.65 Å². The monoisotopic (exact) mass is 497 g/mol. The van der Waals surface area contributed by atoms with E-state index < -0.39 is 0 Å². The average Bonchev–Trinajstić information content (AvgIpc) is 3.10. The second-order valence-electron chi connectivity index (χ2n) is 6.17. The molecule has 1 aliphatic heterocycles. The van der Waals surface area contributed by atoms with E-state index in [1.807, 2.05) is 53.1 Å². The maximum absolute atomic E-state index is 6.20. The van der Waals surface area contributed by atoms with E-state index >= 15 is 0 Å². The predicted octanol–water partition coefficient (Wildman–Crippen LogP) is 2.64. The molecule has 0 spiro atoms. The number of aliphatic imine (C=N–C) groups is 1. The lowest BCUT2D eigenvalue weighted by atomic mass is 10.2. The summed E-state index contributed by atoms with van der Waals surface area (Å²) in [6.45, 7) is 3.86. The van der Waals surface area contributed by atoms with E-state index in [1.165, 1.54) is 5.69 Å². The fourth-order valence-corrected chi connectivity index (χ4v) is 3.22. The lowest BCUT2D eigenvalue weighted by Crippen LogP contribution is -2.51. The summed E-state index contributed by atoms with van der Waals surface area (Å²) < 4.78 is 1.93. The Morgan fingerprint density at radius 3 is 2.52 bits per heavy atom. The van der Waals surface area contributed by atoms with Crippen molar-refractivity contribution in [1.82, 2.24) is 19.5 Å². The van der Waals surface area contributed by atoms with Crippen LogP contribution in [0.3, 0.4) is 0 Å². The standard InChI is InChI=1S/C18H20ClN7.HI/c19-14-4-6-15(7-5-14)24-9-11-25(12-10-24)18(20)21-13-17-23-22-16-3-1-2-8-26(16)17;/h1-8H,9-13H2,(H2,20,21);1H. The molecule has 0 amide bonds. The Morgan fingerprint density at radius 1 is 1.04 bits per heavy atom. The van der Waals surface area contributed by atoms with Gasteiger partial charge in [-0.2, -0.15) is 0 Å². The lowest BCUT2D eigenvalue weighted by molar-refractivity contribution is 0.380. The molecule has 7 nitrogen and oxygen atoms in total. The Bertz CT molecular complexity index is 917. The minimum absolute atomic E-state index is 0. The summed E-state index contributed by atoms with van der Waals surface area (Å²) in [5.41, 5.74) is 8.19. The van der Waals surface area contributed by atoms with Crippen LogP contribution in [0, 0.1) is 0 Å². The van der Waals surface area contributed by atoms with Gasteiger partial charge in [-0.05, 0) is 36.4 Å². The fraction of sp³-hybridized carbons (Fsp3) is 0.278. The second-order valence-corrected chi connectivity index (χ2v) is 6.61. The predicted molar refractivity (Wildman–Crippen MR) is 119 cm³/mol. The minimum atomic E-state index is 0. The largest absolute Gasteiger partial charge is 0.370 e. The molecule has 9 heteroatoms. The van der Waals surface area contributed by atoms with E-state index in [-0.39, 0.29) is 24.0 Å². The zero-order valence-electron chi connectivity index (χ0n) is 14.7. The van der Waals surface area contributed by atoms with Crippen LogP contribution in [-0.4, -0.2) is 51.6 Å². The van der Waals surface area contributed by atoms with E-state index in [0.717, 1.165) is 42.7 Å². The van der Waals surface area contributed by atoms with E-state index in [1.54, 1.807) is 0 Å². The van der Waals surface area contributed by atoms with Crippen molar-refractivity contribution in [3.63, 3.8) is 0 Å². The van der Waals surface area contributed by atoms with Gasteiger partial charge in [0.25, 0.3) is 0 Å². The Labute approximate surface area is 179 Å². The van der Waals surface area contributed by atoms with Crippen LogP contribution in [0.2, 0.25) is 5.02 Å². The smallest absolute Gasteiger partial charge is 0.191 e.